The smallest absolute Gasteiger partial charge is 0.756 e. The van der Waals surface area contributed by atoms with E-state index in [1.54, 1.807) is 0 Å². The van der Waals surface area contributed by atoms with Crippen molar-refractivity contribution >= 4 is 77.3 Å². The number of primary amides is 6. The summed E-state index contributed by atoms with van der Waals surface area (Å²) in [6, 6.07) is 2.67. The minimum Gasteiger partial charge on any atom is -0.756 e. The van der Waals surface area contributed by atoms with Crippen LogP contribution >= 0.6 is 7.82 Å². The standard InChI is InChI=1S/C62H90N13O14P.Cu/c1-29-20-39-40(21-30(29)2)75(28-70-39)57-52(84)53(41(27-76)87-57)89-90(85,86)88-31(3)26-69-49(83)18-19-59(8)37(22-46(66)80)56-62(11)61(10,25-48(68)82)36(14-17-45(65)79)51(74-62)33(5)55-60(9,24-47(67)81)34(12-15-43(63)77)38(71-55)23-42-58(6,7)35(13-16-44(64)78)50(72-42)32(4)54(59)73-56;/h20-21,23,28,31,34-37,41,52-53,56-57,71,76,84H,12-19,22,24-27H2,1-11H3,(H2,63,77)(H2,64,78)(H2,65,79)(H2,66,80)(H2,67,81)(H2,68,82)(H,69,83)(H,85,86);/q;+1/p-1/b38-23-,50-32-,55-33-;/t31?,34-,35-,36-,37?,41-,52-,53-,56?,57+,59-,60+,61+,62?;/m1./s1. The van der Waals surface area contributed by atoms with Crippen molar-refractivity contribution in [3.63, 3.8) is 0 Å². The van der Waals surface area contributed by atoms with E-state index in [1.165, 1.54) is 17.8 Å². The molecule has 6 aliphatic rings. The number of aliphatic imine (C=N–C) groups is 3. The first-order valence-corrected chi connectivity index (χ1v) is 32.0. The quantitative estimate of drug-likeness (QED) is 0.0478. The van der Waals surface area contributed by atoms with E-state index in [-0.39, 0.29) is 94.2 Å². The van der Waals surface area contributed by atoms with Crippen LogP contribution in [0.2, 0.25) is 0 Å². The molecule has 1 aromatic carbocycles. The Morgan fingerprint density at radius 2 is 1.41 bits per heavy atom. The molecular formula is C62H89CuN13O14P. The third-order valence-electron chi connectivity index (χ3n) is 20.6. The Morgan fingerprint density at radius 3 is 1.99 bits per heavy atom. The van der Waals surface area contributed by atoms with Gasteiger partial charge in [0.25, 0.3) is 7.82 Å². The Kier molecular flexibility index (Phi) is 21.2. The number of benzene rings is 1. The van der Waals surface area contributed by atoms with Gasteiger partial charge in [-0.25, -0.2) is 4.98 Å². The van der Waals surface area contributed by atoms with Gasteiger partial charge in [0.05, 0.1) is 41.7 Å². The van der Waals surface area contributed by atoms with Crippen molar-refractivity contribution in [3.05, 3.63) is 63.9 Å². The number of rotatable bonds is 26. The maximum absolute atomic E-state index is 14.4. The zero-order valence-corrected chi connectivity index (χ0v) is 55.4. The van der Waals surface area contributed by atoms with Crippen LogP contribution in [0.4, 0.5) is 0 Å². The molecule has 16 N–H and O–H groups in total. The van der Waals surface area contributed by atoms with Crippen molar-refractivity contribution in [2.45, 2.75) is 189 Å². The van der Waals surface area contributed by atoms with Gasteiger partial charge in [-0.3, -0.25) is 53.1 Å². The van der Waals surface area contributed by atoms with Gasteiger partial charge in [0.15, 0.2) is 6.23 Å². The van der Waals surface area contributed by atoms with Gasteiger partial charge >= 0.3 is 17.1 Å². The number of imidazole rings is 1. The summed E-state index contributed by atoms with van der Waals surface area (Å²) in [5.41, 5.74) is 37.2. The van der Waals surface area contributed by atoms with Crippen LogP contribution in [0.3, 0.4) is 0 Å². The first kappa shape index (κ1) is 72.0. The molecule has 5 unspecified atom stereocenters. The van der Waals surface area contributed by atoms with Gasteiger partial charge in [-0.05, 0) is 108 Å². The molecule has 91 heavy (non-hydrogen) atoms. The summed E-state index contributed by atoms with van der Waals surface area (Å²) in [5, 5.41) is 28.1. The number of allylic oxidation sites excluding steroid dienone is 6. The Balaban J connectivity index is 0.0000118. The van der Waals surface area contributed by atoms with E-state index in [0.29, 0.717) is 56.4 Å². The number of phosphoric ester groups is 1. The summed E-state index contributed by atoms with van der Waals surface area (Å²) in [7, 11) is -5.32. The second-order valence-electron chi connectivity index (χ2n) is 27.1. The summed E-state index contributed by atoms with van der Waals surface area (Å²) in [6.45, 7) is 19.1. The van der Waals surface area contributed by atoms with Gasteiger partial charge in [-0.1, -0.05) is 34.6 Å². The topological polar surface area (TPSA) is 463 Å². The van der Waals surface area contributed by atoms with Crippen molar-refractivity contribution in [1.29, 1.82) is 0 Å². The number of phosphoric acid groups is 1. The number of hydrogen-bond acceptors (Lipinski definition) is 19. The molecule has 15 atom stereocenters. The Morgan fingerprint density at radius 1 is 0.813 bits per heavy atom. The van der Waals surface area contributed by atoms with Crippen LogP contribution in [-0.2, 0) is 69.0 Å². The number of ether oxygens (including phenoxy) is 1. The number of aliphatic hydroxyl groups excluding tert-OH is 2. The molecule has 502 valence electrons. The van der Waals surface area contributed by atoms with Gasteiger partial charge in [0.1, 0.15) is 18.3 Å². The fraction of sp³-hybridized carbons (Fsp3) is 0.629. The number of nitrogens with one attached hydrogen (secondary N) is 2. The summed E-state index contributed by atoms with van der Waals surface area (Å²) < 4.78 is 31.9. The largest absolute Gasteiger partial charge is 1.00 e. The van der Waals surface area contributed by atoms with Gasteiger partial charge in [-0.15, -0.1) is 0 Å². The molecular weight excluding hydrogens is 1250 g/mol. The van der Waals surface area contributed by atoms with Gasteiger partial charge in [0.2, 0.25) is 41.4 Å². The van der Waals surface area contributed by atoms with Crippen molar-refractivity contribution in [2.24, 2.45) is 94.7 Å². The molecule has 7 heterocycles. The van der Waals surface area contributed by atoms with E-state index >= 15 is 0 Å². The maximum Gasteiger partial charge on any atom is 1.00 e. The van der Waals surface area contributed by atoms with Crippen molar-refractivity contribution in [3.8, 4) is 0 Å². The summed E-state index contributed by atoms with van der Waals surface area (Å²) in [4.78, 5) is 128. The molecule has 27 nitrogen and oxygen atoms in total. The predicted octanol–water partition coefficient (Wildman–Crippen LogP) is 2.53. The van der Waals surface area contributed by atoms with Crippen LogP contribution < -0.4 is 49.9 Å². The number of nitrogens with two attached hydrogens (primary N) is 6. The molecule has 0 spiro atoms. The third-order valence-corrected chi connectivity index (χ3v) is 21.7. The Bertz CT molecular complexity index is 3540. The first-order chi connectivity index (χ1) is 41.8. The van der Waals surface area contributed by atoms with E-state index in [1.807, 2.05) is 87.4 Å². The molecule has 0 saturated carbocycles. The van der Waals surface area contributed by atoms with Crippen LogP contribution in [0.25, 0.3) is 11.0 Å². The molecule has 8 rings (SSSR count). The second kappa shape index (κ2) is 26.9. The maximum atomic E-state index is 14.4. The van der Waals surface area contributed by atoms with Crippen molar-refractivity contribution < 1.29 is 84.1 Å². The SMILES string of the molecule is C/C1=C2N=C(/C=C3\N/C(=C(/C)C4=NC(C)(C5N=C1[C@](C)(CCC(=O)NCC(C)OP(=O)([O-])O[C@H]1[C@@H](O)[C@@H](n6cnc7cc(C)c(C)cc76)O[C@@H]1CO)C5CC(N)=O)[C@@](C)(CC(N)=O)[C@@H]4CCC(N)=O)[C@@](C)(CC(N)=O)[C@@H]3CCC(N)=O)C(C)(C)[C@@H]/2CCC(N)=O.[Cu+]. The molecule has 7 amide bonds. The predicted molar refractivity (Wildman–Crippen MR) is 331 cm³/mol. The number of aliphatic hydroxyl groups is 2. The fourth-order valence-electron chi connectivity index (χ4n) is 15.4. The van der Waals surface area contributed by atoms with Crippen LogP contribution in [0, 0.1) is 59.2 Å². The number of amides is 7. The number of aromatic nitrogens is 2. The number of carbonyl (C=O) groups excluding carboxylic acids is 7. The number of hydrogen-bond donors (Lipinski definition) is 10. The normalized spacial score (nSPS) is 33.8. The van der Waals surface area contributed by atoms with E-state index in [4.69, 9.17) is 63.2 Å². The monoisotopic (exact) mass is 1330 g/mol. The third kappa shape index (κ3) is 13.8. The molecule has 29 heteroatoms. The average Bonchev–Trinajstić information content (AvgIpc) is 1.54. The minimum absolute atomic E-state index is 0. The van der Waals surface area contributed by atoms with Gasteiger partial charge in [0, 0.05) is 131 Å². The van der Waals surface area contributed by atoms with Crippen LogP contribution in [-0.4, -0.2) is 127 Å². The number of aryl methyl sites for hydroxylation is 2. The zero-order valence-electron chi connectivity index (χ0n) is 53.5. The summed E-state index contributed by atoms with van der Waals surface area (Å²) in [5.74, 6) is -7.24. The number of carbonyl (C=O) groups is 7. The van der Waals surface area contributed by atoms with Gasteiger partial charge < -0.3 is 78.5 Å². The Labute approximate surface area is 540 Å². The molecule has 0 aliphatic carbocycles. The minimum atomic E-state index is -5.32. The fourth-order valence-corrected chi connectivity index (χ4v) is 16.6. The molecule has 2 saturated heterocycles. The average molecular weight is 1330 g/mol. The van der Waals surface area contributed by atoms with Crippen molar-refractivity contribution in [2.75, 3.05) is 13.2 Å². The molecule has 6 aliphatic heterocycles. The van der Waals surface area contributed by atoms with Crippen LogP contribution in [0.15, 0.2) is 67.8 Å². The first-order valence-electron chi connectivity index (χ1n) is 30.5. The van der Waals surface area contributed by atoms with E-state index in [9.17, 15) is 53.2 Å². The molecule has 2 fully saturated rings. The second-order valence-corrected chi connectivity index (χ2v) is 28.4. The summed E-state index contributed by atoms with van der Waals surface area (Å²) >= 11 is 0. The van der Waals surface area contributed by atoms with E-state index < -0.39 is 143 Å². The van der Waals surface area contributed by atoms with Gasteiger partial charge in [-0.2, -0.15) is 0 Å². The molecule has 8 bridgehead atoms. The molecule has 0 radical (unpaired) electrons. The number of fused-ring (bicyclic) bond motifs is 7. The molecule has 1 aromatic heterocycles. The number of nitrogens with zero attached hydrogens (tertiary/aromatic N) is 5. The molecule has 2 aromatic rings. The van der Waals surface area contributed by atoms with E-state index in [2.05, 4.69) is 15.6 Å². The van der Waals surface area contributed by atoms with E-state index in [0.717, 1.165) is 11.1 Å². The summed E-state index contributed by atoms with van der Waals surface area (Å²) in [6.07, 6.45) is -4.57. The van der Waals surface area contributed by atoms with Crippen LogP contribution in [0.1, 0.15) is 150 Å². The van der Waals surface area contributed by atoms with Crippen molar-refractivity contribution in [1.82, 2.24) is 20.2 Å². The zero-order chi connectivity index (χ0) is 66.7. The Hall–Kier alpha value is -6.48. The van der Waals surface area contributed by atoms with Crippen LogP contribution in [0.5, 0.6) is 0 Å².